The second-order valence-corrected chi connectivity index (χ2v) is 3.52. The molecule has 2 aliphatic rings. The number of hydrogen-bond acceptors (Lipinski definition) is 3. The lowest BCUT2D eigenvalue weighted by Crippen LogP contribution is -2.47. The molecule has 58 valence electrons. The predicted octanol–water partition coefficient (Wildman–Crippen LogP) is -0.925. The second-order valence-electron chi connectivity index (χ2n) is 3.52. The molecule has 0 radical (unpaired) electrons. The van der Waals surface area contributed by atoms with Gasteiger partial charge in [-0.15, -0.1) is 0 Å². The molecular weight excluding hydrogens is 130 g/mol. The zero-order chi connectivity index (χ0) is 7.30. The zero-order valence-electron chi connectivity index (χ0n) is 5.77. The van der Waals surface area contributed by atoms with Crippen LogP contribution in [0.15, 0.2) is 0 Å². The molecule has 0 spiro atoms. The first kappa shape index (κ1) is 6.58. The van der Waals surface area contributed by atoms with Crippen molar-refractivity contribution in [3.05, 3.63) is 0 Å². The fourth-order valence-corrected chi connectivity index (χ4v) is 2.23. The van der Waals surface area contributed by atoms with Crippen molar-refractivity contribution in [1.82, 2.24) is 0 Å². The lowest BCUT2D eigenvalue weighted by atomic mass is 9.71. The molecule has 0 aromatic rings. The van der Waals surface area contributed by atoms with Gasteiger partial charge in [0.25, 0.3) is 0 Å². The monoisotopic (exact) mass is 143 g/mol. The van der Waals surface area contributed by atoms with Crippen LogP contribution in [0, 0.1) is 11.8 Å². The molecule has 0 saturated heterocycles. The van der Waals surface area contributed by atoms with E-state index in [-0.39, 0.29) is 6.04 Å². The molecular formula is C7H13NO2. The second kappa shape index (κ2) is 1.94. The Morgan fingerprint density at radius 3 is 2.20 bits per heavy atom. The third kappa shape index (κ3) is 0.654. The van der Waals surface area contributed by atoms with Crippen molar-refractivity contribution < 1.29 is 10.2 Å². The maximum absolute atomic E-state index is 9.30. The highest BCUT2D eigenvalue weighted by molar-refractivity contribution is 5.04. The molecule has 0 bridgehead atoms. The first-order valence-corrected chi connectivity index (χ1v) is 3.82. The van der Waals surface area contributed by atoms with Gasteiger partial charge in [0.1, 0.15) is 0 Å². The van der Waals surface area contributed by atoms with Crippen LogP contribution in [0.4, 0.5) is 0 Å². The Labute approximate surface area is 59.8 Å². The van der Waals surface area contributed by atoms with Crippen LogP contribution in [0.2, 0.25) is 0 Å². The Morgan fingerprint density at radius 1 is 1.10 bits per heavy atom. The molecule has 10 heavy (non-hydrogen) atoms. The first-order valence-electron chi connectivity index (χ1n) is 3.82. The van der Waals surface area contributed by atoms with Gasteiger partial charge in [-0.3, -0.25) is 0 Å². The lowest BCUT2D eigenvalue weighted by molar-refractivity contribution is -0.000259. The zero-order valence-corrected chi connectivity index (χ0v) is 5.77. The molecule has 0 heterocycles. The van der Waals surface area contributed by atoms with Crippen LogP contribution < -0.4 is 5.73 Å². The van der Waals surface area contributed by atoms with Gasteiger partial charge in [-0.25, -0.2) is 0 Å². The Hall–Kier alpha value is -0.120. The summed E-state index contributed by atoms with van der Waals surface area (Å²) in [7, 11) is 0. The minimum absolute atomic E-state index is 0.233. The van der Waals surface area contributed by atoms with Crippen LogP contribution in [0.3, 0.4) is 0 Å². The Morgan fingerprint density at radius 2 is 1.80 bits per heavy atom. The average molecular weight is 143 g/mol. The molecule has 0 amide bonds. The third-order valence-corrected chi connectivity index (χ3v) is 2.99. The van der Waals surface area contributed by atoms with Gasteiger partial charge in [-0.2, -0.15) is 0 Å². The molecule has 3 nitrogen and oxygen atoms in total. The van der Waals surface area contributed by atoms with Gasteiger partial charge in [0.05, 0.1) is 12.2 Å². The summed E-state index contributed by atoms with van der Waals surface area (Å²) in [6, 6.07) is 0.233. The van der Waals surface area contributed by atoms with E-state index < -0.39 is 12.2 Å². The molecule has 0 aromatic heterocycles. The molecule has 4 N–H and O–H groups in total. The fourth-order valence-electron chi connectivity index (χ4n) is 2.23. The van der Waals surface area contributed by atoms with Gasteiger partial charge in [-0.1, -0.05) is 0 Å². The van der Waals surface area contributed by atoms with Crippen LogP contribution in [0.25, 0.3) is 0 Å². The van der Waals surface area contributed by atoms with Crippen LogP contribution in [0.1, 0.15) is 12.8 Å². The summed E-state index contributed by atoms with van der Waals surface area (Å²) in [6.45, 7) is 0. The van der Waals surface area contributed by atoms with Crippen LogP contribution in [-0.2, 0) is 0 Å². The van der Waals surface area contributed by atoms with Crippen molar-refractivity contribution in [3.8, 4) is 0 Å². The van der Waals surface area contributed by atoms with Crippen LogP contribution >= 0.6 is 0 Å². The Balaban J connectivity index is 2.06. The highest BCUT2D eigenvalue weighted by atomic mass is 16.3. The van der Waals surface area contributed by atoms with E-state index in [1.807, 2.05) is 0 Å². The van der Waals surface area contributed by atoms with Crippen molar-refractivity contribution in [2.24, 2.45) is 17.6 Å². The molecule has 2 saturated carbocycles. The van der Waals surface area contributed by atoms with E-state index in [1.165, 1.54) is 0 Å². The van der Waals surface area contributed by atoms with Gasteiger partial charge < -0.3 is 15.9 Å². The maximum Gasteiger partial charge on any atom is 0.0831 e. The number of aliphatic hydroxyl groups excluding tert-OH is 2. The number of fused-ring (bicyclic) bond motifs is 1. The van der Waals surface area contributed by atoms with E-state index in [0.29, 0.717) is 18.3 Å². The van der Waals surface area contributed by atoms with Gasteiger partial charge in [0.2, 0.25) is 0 Å². The number of hydrogen-bond donors (Lipinski definition) is 3. The molecule has 0 unspecified atom stereocenters. The molecule has 2 fully saturated rings. The number of aliphatic hydroxyl groups is 2. The highest BCUT2D eigenvalue weighted by Gasteiger charge is 2.51. The highest BCUT2D eigenvalue weighted by Crippen LogP contribution is 2.45. The van der Waals surface area contributed by atoms with Gasteiger partial charge in [-0.05, 0) is 24.7 Å². The van der Waals surface area contributed by atoms with E-state index in [4.69, 9.17) is 5.73 Å². The van der Waals surface area contributed by atoms with Crippen LogP contribution in [0.5, 0.6) is 0 Å². The lowest BCUT2D eigenvalue weighted by Gasteiger charge is -2.38. The quantitative estimate of drug-likeness (QED) is 0.410. The number of nitrogens with two attached hydrogens (primary N) is 1. The summed E-state index contributed by atoms with van der Waals surface area (Å²) in [6.07, 6.45) is 0.587. The minimum Gasteiger partial charge on any atom is -0.390 e. The standard InChI is InChI=1S/C7H13NO2/c8-5-1-4-3(5)2-6(9)7(4)10/h3-7,9-10H,1-2,8H2/t3-,4-,5+,6-,7+/m1/s1. The van der Waals surface area contributed by atoms with Crippen LogP contribution in [-0.4, -0.2) is 28.5 Å². The van der Waals surface area contributed by atoms with Gasteiger partial charge in [0, 0.05) is 6.04 Å². The smallest absolute Gasteiger partial charge is 0.0831 e. The van der Waals surface area contributed by atoms with E-state index in [1.54, 1.807) is 0 Å². The van der Waals surface area contributed by atoms with Crippen molar-refractivity contribution in [2.45, 2.75) is 31.1 Å². The summed E-state index contributed by atoms with van der Waals surface area (Å²) in [5, 5.41) is 18.5. The molecule has 5 atom stereocenters. The Kier molecular flexibility index (Phi) is 1.27. The van der Waals surface area contributed by atoms with Crippen molar-refractivity contribution in [3.63, 3.8) is 0 Å². The van der Waals surface area contributed by atoms with E-state index >= 15 is 0 Å². The summed E-state index contributed by atoms with van der Waals surface area (Å²) in [4.78, 5) is 0. The average Bonchev–Trinajstić information content (AvgIpc) is 2.12. The van der Waals surface area contributed by atoms with Gasteiger partial charge in [0.15, 0.2) is 0 Å². The SMILES string of the molecule is N[C@H]1C[C@H]2[C@H](O)[C@H](O)C[C@H]21. The van der Waals surface area contributed by atoms with E-state index in [9.17, 15) is 10.2 Å². The van der Waals surface area contributed by atoms with E-state index in [0.717, 1.165) is 6.42 Å². The predicted molar refractivity (Wildman–Crippen MR) is 36.2 cm³/mol. The summed E-state index contributed by atoms with van der Waals surface area (Å²) in [5.41, 5.74) is 5.67. The first-order chi connectivity index (χ1) is 4.70. The fraction of sp³-hybridized carbons (Fsp3) is 1.00. The molecule has 3 heteroatoms. The summed E-state index contributed by atoms with van der Waals surface area (Å²) < 4.78 is 0. The Bertz CT molecular complexity index is 151. The largest absolute Gasteiger partial charge is 0.390 e. The van der Waals surface area contributed by atoms with E-state index in [2.05, 4.69) is 0 Å². The summed E-state index contributed by atoms with van der Waals surface area (Å²) in [5.74, 6) is 0.690. The maximum atomic E-state index is 9.30. The van der Waals surface area contributed by atoms with Crippen molar-refractivity contribution in [1.29, 1.82) is 0 Å². The van der Waals surface area contributed by atoms with Gasteiger partial charge >= 0.3 is 0 Å². The van der Waals surface area contributed by atoms with Crippen molar-refractivity contribution >= 4 is 0 Å². The number of rotatable bonds is 0. The summed E-state index contributed by atoms with van der Waals surface area (Å²) >= 11 is 0. The third-order valence-electron chi connectivity index (χ3n) is 2.99. The topological polar surface area (TPSA) is 66.5 Å². The molecule has 0 aliphatic heterocycles. The van der Waals surface area contributed by atoms with Crippen molar-refractivity contribution in [2.75, 3.05) is 0 Å². The molecule has 2 rings (SSSR count). The molecule has 0 aromatic carbocycles. The minimum atomic E-state index is -0.511. The molecule has 2 aliphatic carbocycles. The normalized spacial score (nSPS) is 59.7.